The topological polar surface area (TPSA) is 3.88 Å². The van der Waals surface area contributed by atoms with Gasteiger partial charge in [0.2, 0.25) is 0 Å². The molecule has 1 heterocycles. The molecule has 0 saturated heterocycles. The summed E-state index contributed by atoms with van der Waals surface area (Å²) in [6.45, 7) is 6.73. The van der Waals surface area contributed by atoms with E-state index in [0.717, 1.165) is 6.54 Å². The van der Waals surface area contributed by atoms with Gasteiger partial charge < -0.3 is 0 Å². The van der Waals surface area contributed by atoms with E-state index in [2.05, 4.69) is 72.9 Å². The first-order valence-corrected chi connectivity index (χ1v) is 6.13. The number of hydrogen-bond donors (Lipinski definition) is 0. The Labute approximate surface area is 109 Å². The highest BCUT2D eigenvalue weighted by Gasteiger charge is 2.01. The van der Waals surface area contributed by atoms with E-state index in [4.69, 9.17) is 0 Å². The SMILES string of the molecule is C=CC[n+]1ccc(/C=C/c2ccccc2)c(C)c1. The van der Waals surface area contributed by atoms with E-state index < -0.39 is 0 Å². The van der Waals surface area contributed by atoms with Crippen molar-refractivity contribution in [3.8, 4) is 0 Å². The average molecular weight is 236 g/mol. The molecule has 0 aliphatic rings. The largest absolute Gasteiger partial charge is 0.201 e. The molecule has 1 aromatic heterocycles. The second kappa shape index (κ2) is 5.97. The molecule has 1 nitrogen and oxygen atoms in total. The summed E-state index contributed by atoms with van der Waals surface area (Å²) in [6, 6.07) is 12.5. The highest BCUT2D eigenvalue weighted by molar-refractivity contribution is 5.70. The summed E-state index contributed by atoms with van der Waals surface area (Å²) >= 11 is 0. The second-order valence-electron chi connectivity index (χ2n) is 4.31. The minimum atomic E-state index is 0.851. The predicted molar refractivity (Wildman–Crippen MR) is 76.9 cm³/mol. The summed E-state index contributed by atoms with van der Waals surface area (Å²) in [5.41, 5.74) is 3.74. The van der Waals surface area contributed by atoms with Crippen LogP contribution in [0.4, 0.5) is 0 Å². The number of rotatable bonds is 4. The standard InChI is InChI=1S/C17H18N/c1-3-12-18-13-11-17(15(2)14-18)10-9-16-7-5-4-6-8-16/h3-11,13-14H,1,12H2,2H3/q+1/b10-9+. The number of allylic oxidation sites excluding steroid dienone is 1. The van der Waals surface area contributed by atoms with Gasteiger partial charge in [-0.25, -0.2) is 4.57 Å². The zero-order chi connectivity index (χ0) is 12.8. The van der Waals surface area contributed by atoms with Crippen LogP contribution in [0.15, 0.2) is 61.4 Å². The van der Waals surface area contributed by atoms with Crippen LogP contribution >= 0.6 is 0 Å². The van der Waals surface area contributed by atoms with Crippen molar-refractivity contribution < 1.29 is 4.57 Å². The normalized spacial score (nSPS) is 10.7. The van der Waals surface area contributed by atoms with Crippen molar-refractivity contribution in [2.24, 2.45) is 0 Å². The molecule has 90 valence electrons. The summed E-state index contributed by atoms with van der Waals surface area (Å²) in [6.07, 6.45) is 10.4. The van der Waals surface area contributed by atoms with Crippen LogP contribution < -0.4 is 4.57 Å². The lowest BCUT2D eigenvalue weighted by molar-refractivity contribution is -0.687. The van der Waals surface area contributed by atoms with Crippen molar-refractivity contribution >= 4 is 12.2 Å². The first-order valence-electron chi connectivity index (χ1n) is 6.13. The molecule has 0 unspecified atom stereocenters. The zero-order valence-corrected chi connectivity index (χ0v) is 10.7. The van der Waals surface area contributed by atoms with Crippen LogP contribution in [0, 0.1) is 6.92 Å². The summed E-state index contributed by atoms with van der Waals surface area (Å²) in [7, 11) is 0. The predicted octanol–water partition coefficient (Wildman–Crippen LogP) is 3.64. The Bertz CT molecular complexity index is 553. The monoisotopic (exact) mass is 236 g/mol. The fourth-order valence-corrected chi connectivity index (χ4v) is 1.87. The zero-order valence-electron chi connectivity index (χ0n) is 10.7. The van der Waals surface area contributed by atoms with Gasteiger partial charge >= 0.3 is 0 Å². The molecule has 18 heavy (non-hydrogen) atoms. The third-order valence-corrected chi connectivity index (χ3v) is 2.86. The molecule has 0 N–H and O–H groups in total. The Hall–Kier alpha value is -2.15. The van der Waals surface area contributed by atoms with Gasteiger partial charge in [-0.15, -0.1) is 0 Å². The third kappa shape index (κ3) is 3.17. The van der Waals surface area contributed by atoms with Crippen molar-refractivity contribution in [1.82, 2.24) is 0 Å². The molecule has 2 rings (SSSR count). The summed E-state index contributed by atoms with van der Waals surface area (Å²) in [4.78, 5) is 0. The maximum Gasteiger partial charge on any atom is 0.172 e. The minimum absolute atomic E-state index is 0.851. The van der Waals surface area contributed by atoms with Crippen LogP contribution in [0.3, 0.4) is 0 Å². The van der Waals surface area contributed by atoms with Crippen molar-refractivity contribution in [3.63, 3.8) is 0 Å². The Balaban J connectivity index is 2.19. The molecule has 0 radical (unpaired) electrons. The lowest BCUT2D eigenvalue weighted by atomic mass is 10.1. The molecular weight excluding hydrogens is 218 g/mol. The molecule has 0 aliphatic heterocycles. The highest BCUT2D eigenvalue weighted by atomic mass is 14.9. The molecule has 1 heteroatoms. The van der Waals surface area contributed by atoms with E-state index in [0.29, 0.717) is 0 Å². The molecule has 0 bridgehead atoms. The van der Waals surface area contributed by atoms with E-state index in [1.54, 1.807) is 0 Å². The number of aromatic nitrogens is 1. The fourth-order valence-electron chi connectivity index (χ4n) is 1.87. The van der Waals surface area contributed by atoms with Crippen molar-refractivity contribution in [2.75, 3.05) is 0 Å². The van der Waals surface area contributed by atoms with Gasteiger partial charge in [-0.1, -0.05) is 49.1 Å². The van der Waals surface area contributed by atoms with Crippen molar-refractivity contribution in [1.29, 1.82) is 0 Å². The quantitative estimate of drug-likeness (QED) is 0.563. The summed E-state index contributed by atoms with van der Waals surface area (Å²) < 4.78 is 2.13. The Morgan fingerprint density at radius 3 is 2.56 bits per heavy atom. The van der Waals surface area contributed by atoms with E-state index in [9.17, 15) is 0 Å². The molecule has 2 aromatic rings. The molecule has 0 atom stereocenters. The first kappa shape index (κ1) is 12.3. The lowest BCUT2D eigenvalue weighted by Crippen LogP contribution is -2.32. The van der Waals surface area contributed by atoms with Crippen LogP contribution in [-0.4, -0.2) is 0 Å². The van der Waals surface area contributed by atoms with E-state index in [1.165, 1.54) is 16.7 Å². The lowest BCUT2D eigenvalue weighted by Gasteiger charge is -1.99. The summed E-state index contributed by atoms with van der Waals surface area (Å²) in [5.74, 6) is 0. The van der Waals surface area contributed by atoms with E-state index >= 15 is 0 Å². The van der Waals surface area contributed by atoms with E-state index in [1.807, 2.05) is 12.1 Å². The smallest absolute Gasteiger partial charge is 0.172 e. The molecule has 0 fully saturated rings. The average Bonchev–Trinajstić information content (AvgIpc) is 2.39. The van der Waals surface area contributed by atoms with Crippen LogP contribution in [0.5, 0.6) is 0 Å². The Morgan fingerprint density at radius 1 is 1.11 bits per heavy atom. The van der Waals surface area contributed by atoms with Gasteiger partial charge in [0.15, 0.2) is 18.9 Å². The summed E-state index contributed by atoms with van der Waals surface area (Å²) in [5, 5.41) is 0. The van der Waals surface area contributed by atoms with Crippen molar-refractivity contribution in [3.05, 3.63) is 78.1 Å². The number of hydrogen-bond acceptors (Lipinski definition) is 0. The molecule has 0 saturated carbocycles. The van der Waals surface area contributed by atoms with Gasteiger partial charge in [0.1, 0.15) is 0 Å². The maximum atomic E-state index is 3.75. The number of nitrogens with zero attached hydrogens (tertiary/aromatic N) is 1. The fraction of sp³-hybridized carbons (Fsp3) is 0.118. The first-order chi connectivity index (χ1) is 8.79. The van der Waals surface area contributed by atoms with Gasteiger partial charge in [-0.05, 0) is 24.1 Å². The van der Waals surface area contributed by atoms with Gasteiger partial charge in [0, 0.05) is 11.6 Å². The van der Waals surface area contributed by atoms with Crippen molar-refractivity contribution in [2.45, 2.75) is 13.5 Å². The number of pyridine rings is 1. The van der Waals surface area contributed by atoms with Crippen LogP contribution in [-0.2, 0) is 6.54 Å². The molecular formula is C17H18N+. The van der Waals surface area contributed by atoms with Crippen LogP contribution in [0.25, 0.3) is 12.2 Å². The van der Waals surface area contributed by atoms with Gasteiger partial charge in [-0.3, -0.25) is 0 Å². The third-order valence-electron chi connectivity index (χ3n) is 2.86. The Kier molecular flexibility index (Phi) is 4.08. The molecule has 0 aliphatic carbocycles. The molecule has 0 amide bonds. The minimum Gasteiger partial charge on any atom is -0.201 e. The van der Waals surface area contributed by atoms with Crippen LogP contribution in [0.1, 0.15) is 16.7 Å². The number of benzene rings is 1. The highest BCUT2D eigenvalue weighted by Crippen LogP contribution is 2.10. The second-order valence-corrected chi connectivity index (χ2v) is 4.31. The maximum absolute atomic E-state index is 3.75. The molecule has 1 aromatic carbocycles. The number of aryl methyl sites for hydroxylation is 1. The van der Waals surface area contributed by atoms with Gasteiger partial charge in [-0.2, -0.15) is 0 Å². The van der Waals surface area contributed by atoms with Gasteiger partial charge in [0.05, 0.1) is 0 Å². The van der Waals surface area contributed by atoms with Crippen LogP contribution in [0.2, 0.25) is 0 Å². The molecule has 0 spiro atoms. The van der Waals surface area contributed by atoms with Gasteiger partial charge in [0.25, 0.3) is 0 Å². The van der Waals surface area contributed by atoms with E-state index in [-0.39, 0.29) is 0 Å². The Morgan fingerprint density at radius 2 is 1.89 bits per heavy atom.